The Bertz CT molecular complexity index is 1160. The van der Waals surface area contributed by atoms with Gasteiger partial charge in [0.1, 0.15) is 11.7 Å². The van der Waals surface area contributed by atoms with Crippen molar-refractivity contribution in [2.45, 2.75) is 37.7 Å². The number of para-hydroxylation sites is 1. The number of ether oxygens (including phenoxy) is 2. The van der Waals surface area contributed by atoms with Gasteiger partial charge in [-0.25, -0.2) is 4.79 Å². The third kappa shape index (κ3) is 4.06. The lowest BCUT2D eigenvalue weighted by molar-refractivity contribution is 0.0262. The average Bonchev–Trinajstić information content (AvgIpc) is 3.18. The zero-order valence-electron chi connectivity index (χ0n) is 17.2. The van der Waals surface area contributed by atoms with Gasteiger partial charge in [-0.1, -0.05) is 85.3 Å². The lowest BCUT2D eigenvalue weighted by Crippen LogP contribution is -2.29. The SMILES string of the molecule is O=C(Oc1oc2ccccc2c1-c1ccccc1)O[C@@H]1CCCC[C@H]1c1ccccc1. The number of carbonyl (C=O) groups is 1. The van der Waals surface area contributed by atoms with Gasteiger partial charge < -0.3 is 13.9 Å². The van der Waals surface area contributed by atoms with E-state index in [0.717, 1.165) is 42.2 Å². The second kappa shape index (κ2) is 8.68. The van der Waals surface area contributed by atoms with Gasteiger partial charge in [0.2, 0.25) is 0 Å². The Hall–Kier alpha value is -3.53. The molecule has 0 aliphatic heterocycles. The van der Waals surface area contributed by atoms with Crippen molar-refractivity contribution in [2.24, 2.45) is 0 Å². The molecule has 1 aromatic heterocycles. The third-order valence-electron chi connectivity index (χ3n) is 5.98. The quantitative estimate of drug-likeness (QED) is 0.329. The molecule has 0 spiro atoms. The molecule has 0 unspecified atom stereocenters. The van der Waals surface area contributed by atoms with Crippen LogP contribution in [0.25, 0.3) is 22.1 Å². The summed E-state index contributed by atoms with van der Waals surface area (Å²) in [5.41, 5.74) is 3.56. The highest BCUT2D eigenvalue weighted by Crippen LogP contribution is 2.41. The first kappa shape index (κ1) is 19.4. The minimum Gasteiger partial charge on any atom is -0.430 e. The number of furan rings is 1. The van der Waals surface area contributed by atoms with Crippen molar-refractivity contribution in [1.82, 2.24) is 0 Å². The van der Waals surface area contributed by atoms with E-state index in [2.05, 4.69) is 12.1 Å². The fraction of sp³-hybridized carbons (Fsp3) is 0.222. The lowest BCUT2D eigenvalue weighted by atomic mass is 9.81. The normalized spacial score (nSPS) is 18.6. The van der Waals surface area contributed by atoms with E-state index in [1.54, 1.807) is 0 Å². The molecule has 1 saturated carbocycles. The van der Waals surface area contributed by atoms with Crippen LogP contribution in [0.5, 0.6) is 5.95 Å². The zero-order valence-corrected chi connectivity index (χ0v) is 17.2. The van der Waals surface area contributed by atoms with Crippen LogP contribution in [0.15, 0.2) is 89.3 Å². The van der Waals surface area contributed by atoms with Crippen LogP contribution in [-0.4, -0.2) is 12.3 Å². The van der Waals surface area contributed by atoms with Gasteiger partial charge in [-0.3, -0.25) is 0 Å². The van der Waals surface area contributed by atoms with Crippen molar-refractivity contribution in [3.63, 3.8) is 0 Å². The molecule has 5 rings (SSSR count). The maximum Gasteiger partial charge on any atom is 0.516 e. The van der Waals surface area contributed by atoms with Crippen molar-refractivity contribution >= 4 is 17.1 Å². The minimum absolute atomic E-state index is 0.171. The molecule has 4 aromatic rings. The molecular formula is C27H24O4. The Morgan fingerprint density at radius 2 is 1.48 bits per heavy atom. The zero-order chi connectivity index (χ0) is 21.0. The number of rotatable bonds is 4. The molecule has 1 aliphatic carbocycles. The van der Waals surface area contributed by atoms with Crippen LogP contribution in [0, 0.1) is 0 Å². The van der Waals surface area contributed by atoms with Gasteiger partial charge in [0, 0.05) is 11.3 Å². The molecule has 1 fully saturated rings. The van der Waals surface area contributed by atoms with Gasteiger partial charge in [0.25, 0.3) is 0 Å². The molecule has 4 nitrogen and oxygen atoms in total. The lowest BCUT2D eigenvalue weighted by Gasteiger charge is -2.30. The summed E-state index contributed by atoms with van der Waals surface area (Å²) < 4.78 is 17.4. The highest BCUT2D eigenvalue weighted by Gasteiger charge is 2.31. The monoisotopic (exact) mass is 412 g/mol. The number of hydrogen-bond donors (Lipinski definition) is 0. The summed E-state index contributed by atoms with van der Waals surface area (Å²) in [6.07, 6.45) is 3.09. The molecule has 31 heavy (non-hydrogen) atoms. The van der Waals surface area contributed by atoms with E-state index in [1.165, 1.54) is 5.56 Å². The number of hydrogen-bond acceptors (Lipinski definition) is 4. The van der Waals surface area contributed by atoms with Gasteiger partial charge in [0.15, 0.2) is 0 Å². The molecule has 0 radical (unpaired) electrons. The van der Waals surface area contributed by atoms with Gasteiger partial charge in [-0.15, -0.1) is 0 Å². The van der Waals surface area contributed by atoms with Gasteiger partial charge in [0.05, 0.1) is 5.56 Å². The topological polar surface area (TPSA) is 48.7 Å². The summed E-state index contributed by atoms with van der Waals surface area (Å²) in [6, 6.07) is 27.7. The van der Waals surface area contributed by atoms with Crippen molar-refractivity contribution in [3.05, 3.63) is 90.5 Å². The number of benzene rings is 3. The Kier molecular flexibility index (Phi) is 5.44. The molecule has 3 aromatic carbocycles. The number of fused-ring (bicyclic) bond motifs is 1. The van der Waals surface area contributed by atoms with Crippen molar-refractivity contribution in [1.29, 1.82) is 0 Å². The van der Waals surface area contributed by atoms with Gasteiger partial charge in [-0.05, 0) is 36.5 Å². The molecule has 0 saturated heterocycles. The molecule has 1 aliphatic rings. The summed E-state index contributed by atoms with van der Waals surface area (Å²) in [5.74, 6) is 0.358. The first-order chi connectivity index (χ1) is 15.3. The Balaban J connectivity index is 1.40. The fourth-order valence-electron chi connectivity index (χ4n) is 4.52. The predicted octanol–water partition coefficient (Wildman–Crippen LogP) is 7.34. The maximum atomic E-state index is 12.8. The van der Waals surface area contributed by atoms with Crippen LogP contribution < -0.4 is 4.74 Å². The van der Waals surface area contributed by atoms with E-state index in [9.17, 15) is 4.79 Å². The molecular weight excluding hydrogens is 388 g/mol. The largest absolute Gasteiger partial charge is 0.516 e. The van der Waals surface area contributed by atoms with Gasteiger partial charge in [-0.2, -0.15) is 0 Å². The van der Waals surface area contributed by atoms with Crippen LogP contribution in [0.1, 0.15) is 37.2 Å². The summed E-state index contributed by atoms with van der Waals surface area (Å²) in [7, 11) is 0. The Morgan fingerprint density at radius 3 is 2.29 bits per heavy atom. The average molecular weight is 412 g/mol. The van der Waals surface area contributed by atoms with Crippen LogP contribution in [0.4, 0.5) is 4.79 Å². The Labute approximate surface area is 181 Å². The first-order valence-electron chi connectivity index (χ1n) is 10.8. The van der Waals surface area contributed by atoms with Crippen LogP contribution in [0.3, 0.4) is 0 Å². The van der Waals surface area contributed by atoms with Crippen LogP contribution >= 0.6 is 0 Å². The van der Waals surface area contributed by atoms with Crippen LogP contribution in [0.2, 0.25) is 0 Å². The smallest absolute Gasteiger partial charge is 0.430 e. The highest BCUT2D eigenvalue weighted by molar-refractivity contribution is 5.97. The molecule has 4 heteroatoms. The second-order valence-corrected chi connectivity index (χ2v) is 7.94. The molecule has 0 bridgehead atoms. The van der Waals surface area contributed by atoms with Crippen molar-refractivity contribution in [3.8, 4) is 17.1 Å². The van der Waals surface area contributed by atoms with E-state index in [-0.39, 0.29) is 18.0 Å². The van der Waals surface area contributed by atoms with Crippen molar-refractivity contribution < 1.29 is 18.7 Å². The van der Waals surface area contributed by atoms with E-state index in [4.69, 9.17) is 13.9 Å². The molecule has 156 valence electrons. The summed E-state index contributed by atoms with van der Waals surface area (Å²) >= 11 is 0. The molecule has 2 atom stereocenters. The Morgan fingerprint density at radius 1 is 0.806 bits per heavy atom. The predicted molar refractivity (Wildman–Crippen MR) is 120 cm³/mol. The van der Waals surface area contributed by atoms with E-state index in [1.807, 2.05) is 72.8 Å². The van der Waals surface area contributed by atoms with E-state index >= 15 is 0 Å². The minimum atomic E-state index is -0.718. The summed E-state index contributed by atoms with van der Waals surface area (Å²) in [4.78, 5) is 12.8. The van der Waals surface area contributed by atoms with Crippen molar-refractivity contribution in [2.75, 3.05) is 0 Å². The second-order valence-electron chi connectivity index (χ2n) is 7.94. The van der Waals surface area contributed by atoms with Gasteiger partial charge >= 0.3 is 12.1 Å². The fourth-order valence-corrected chi connectivity index (χ4v) is 4.52. The summed E-state index contributed by atoms with van der Waals surface area (Å²) in [5, 5.41) is 0.899. The highest BCUT2D eigenvalue weighted by atomic mass is 16.8. The maximum absolute atomic E-state index is 12.8. The first-order valence-corrected chi connectivity index (χ1v) is 10.8. The summed E-state index contributed by atoms with van der Waals surface area (Å²) in [6.45, 7) is 0. The van der Waals surface area contributed by atoms with E-state index < -0.39 is 6.16 Å². The van der Waals surface area contributed by atoms with Crippen LogP contribution in [-0.2, 0) is 4.74 Å². The number of carbonyl (C=O) groups excluding carboxylic acids is 1. The molecule has 0 N–H and O–H groups in total. The molecule has 0 amide bonds. The van der Waals surface area contributed by atoms with E-state index in [0.29, 0.717) is 5.58 Å². The molecule has 1 heterocycles. The standard InChI is InChI=1S/C27H24O4/c28-27(30-23-17-9-7-15-21(23)19-11-3-1-4-12-19)31-26-25(20-13-5-2-6-14-20)22-16-8-10-18-24(22)29-26/h1-6,8,10-14,16,18,21,23H,7,9,15,17H2/t21-,23+/m0/s1. The third-order valence-corrected chi connectivity index (χ3v) is 5.98.